The van der Waals surface area contributed by atoms with E-state index in [-0.39, 0.29) is 0 Å². The highest BCUT2D eigenvalue weighted by atomic mass is 35.5. The molecule has 0 bridgehead atoms. The van der Waals surface area contributed by atoms with Crippen LogP contribution in [-0.2, 0) is 0 Å². The Morgan fingerprint density at radius 3 is 2.81 bits per heavy atom. The van der Waals surface area contributed by atoms with Crippen molar-refractivity contribution in [3.05, 3.63) is 22.7 Å². The molecule has 1 aromatic carbocycles. The lowest BCUT2D eigenvalue weighted by atomic mass is 10.1. The summed E-state index contributed by atoms with van der Waals surface area (Å²) in [5.74, 6) is 0. The summed E-state index contributed by atoms with van der Waals surface area (Å²) in [7, 11) is 2.09. The van der Waals surface area contributed by atoms with Crippen LogP contribution in [-0.4, -0.2) is 24.9 Å². The van der Waals surface area contributed by atoms with Gasteiger partial charge in [0.25, 0.3) is 0 Å². The number of halogens is 1. The summed E-state index contributed by atoms with van der Waals surface area (Å²) in [5.41, 5.74) is 8.16. The Morgan fingerprint density at radius 1 is 1.50 bits per heavy atom. The molecule has 0 fully saturated rings. The molecule has 0 amide bonds. The topological polar surface area (TPSA) is 29.3 Å². The number of nitrogens with two attached hydrogens (primary N) is 1. The quantitative estimate of drug-likeness (QED) is 0.838. The largest absolute Gasteiger partial charge is 0.369 e. The molecule has 2 rings (SSSR count). The van der Waals surface area contributed by atoms with Crippen LogP contribution in [0.5, 0.6) is 0 Å². The summed E-state index contributed by atoms with van der Waals surface area (Å²) in [6.45, 7) is 4.97. The van der Waals surface area contributed by atoms with E-state index >= 15 is 0 Å². The standard InChI is InChI=1S/C12H17ClN2S/c1-7-4-9(13)12-10(5-7)16-11(6-14)8(2)15(12)3/h4-5,8,11H,6,14H2,1-3H3. The summed E-state index contributed by atoms with van der Waals surface area (Å²) < 4.78 is 0. The summed E-state index contributed by atoms with van der Waals surface area (Å²) in [4.78, 5) is 3.49. The van der Waals surface area contributed by atoms with Gasteiger partial charge in [0.05, 0.1) is 10.7 Å². The van der Waals surface area contributed by atoms with E-state index in [0.29, 0.717) is 17.8 Å². The fourth-order valence-corrected chi connectivity index (χ4v) is 3.98. The van der Waals surface area contributed by atoms with Crippen molar-refractivity contribution < 1.29 is 0 Å². The molecule has 88 valence electrons. The van der Waals surface area contributed by atoms with Gasteiger partial charge >= 0.3 is 0 Å². The van der Waals surface area contributed by atoms with Gasteiger partial charge in [0.1, 0.15) is 0 Å². The van der Waals surface area contributed by atoms with Gasteiger partial charge in [0.2, 0.25) is 0 Å². The molecule has 0 saturated carbocycles. The number of aryl methyl sites for hydroxylation is 1. The van der Waals surface area contributed by atoms with Gasteiger partial charge in [-0.25, -0.2) is 0 Å². The highest BCUT2D eigenvalue weighted by Gasteiger charge is 2.30. The van der Waals surface area contributed by atoms with Crippen LogP contribution in [0.2, 0.25) is 5.02 Å². The van der Waals surface area contributed by atoms with Crippen molar-refractivity contribution in [2.75, 3.05) is 18.5 Å². The minimum absolute atomic E-state index is 0.419. The lowest BCUT2D eigenvalue weighted by Gasteiger charge is -2.39. The zero-order valence-electron chi connectivity index (χ0n) is 9.83. The van der Waals surface area contributed by atoms with Crippen LogP contribution >= 0.6 is 23.4 Å². The first-order valence-corrected chi connectivity index (χ1v) is 6.70. The molecule has 0 aromatic heterocycles. The molecule has 2 N–H and O–H groups in total. The maximum atomic E-state index is 6.31. The fourth-order valence-electron chi connectivity index (χ4n) is 2.09. The third-order valence-electron chi connectivity index (χ3n) is 3.19. The predicted octanol–water partition coefficient (Wildman–Crippen LogP) is 2.91. The maximum absolute atomic E-state index is 6.31. The molecule has 1 aliphatic rings. The van der Waals surface area contributed by atoms with Crippen LogP contribution in [0.1, 0.15) is 12.5 Å². The molecule has 1 aromatic rings. The first kappa shape index (κ1) is 12.1. The Morgan fingerprint density at radius 2 is 2.19 bits per heavy atom. The van der Waals surface area contributed by atoms with Gasteiger partial charge in [-0.15, -0.1) is 11.8 Å². The number of hydrogen-bond acceptors (Lipinski definition) is 3. The molecule has 2 atom stereocenters. The summed E-state index contributed by atoms with van der Waals surface area (Å²) >= 11 is 8.16. The lowest BCUT2D eigenvalue weighted by Crippen LogP contribution is -2.44. The summed E-state index contributed by atoms with van der Waals surface area (Å²) in [6.07, 6.45) is 0. The first-order chi connectivity index (χ1) is 7.54. The highest BCUT2D eigenvalue weighted by molar-refractivity contribution is 8.00. The van der Waals surface area contributed by atoms with Crippen LogP contribution < -0.4 is 10.6 Å². The maximum Gasteiger partial charge on any atom is 0.0694 e. The Balaban J connectivity index is 2.50. The highest BCUT2D eigenvalue weighted by Crippen LogP contribution is 2.44. The van der Waals surface area contributed by atoms with Gasteiger partial charge < -0.3 is 10.6 Å². The van der Waals surface area contributed by atoms with Gasteiger partial charge in [0.15, 0.2) is 0 Å². The number of fused-ring (bicyclic) bond motifs is 1. The van der Waals surface area contributed by atoms with Crippen molar-refractivity contribution in [2.45, 2.75) is 30.0 Å². The molecule has 0 aliphatic carbocycles. The third kappa shape index (κ3) is 1.92. The molecular formula is C12H17ClN2S. The zero-order chi connectivity index (χ0) is 11.9. The van der Waals surface area contributed by atoms with E-state index < -0.39 is 0 Å². The molecule has 0 radical (unpaired) electrons. The second-order valence-corrected chi connectivity index (χ2v) is 6.03. The van der Waals surface area contributed by atoms with Gasteiger partial charge in [-0.3, -0.25) is 0 Å². The smallest absolute Gasteiger partial charge is 0.0694 e. The van der Waals surface area contributed by atoms with Crippen LogP contribution in [0, 0.1) is 6.92 Å². The number of rotatable bonds is 1. The Labute approximate surface area is 106 Å². The van der Waals surface area contributed by atoms with E-state index in [0.717, 1.165) is 10.7 Å². The monoisotopic (exact) mass is 256 g/mol. The second-order valence-electron chi connectivity index (χ2n) is 4.34. The SMILES string of the molecule is Cc1cc(Cl)c2c(c1)SC(CN)C(C)N2C. The average Bonchev–Trinajstić information content (AvgIpc) is 2.22. The number of benzene rings is 1. The van der Waals surface area contributed by atoms with Crippen molar-refractivity contribution >= 4 is 29.1 Å². The molecule has 1 heterocycles. The van der Waals surface area contributed by atoms with E-state index in [1.165, 1.54) is 10.5 Å². The summed E-state index contributed by atoms with van der Waals surface area (Å²) in [6, 6.07) is 4.63. The van der Waals surface area contributed by atoms with E-state index in [1.807, 2.05) is 17.8 Å². The normalized spacial score (nSPS) is 24.4. The van der Waals surface area contributed by atoms with Crippen LogP contribution in [0.3, 0.4) is 0 Å². The average molecular weight is 257 g/mol. The number of thioether (sulfide) groups is 1. The van der Waals surface area contributed by atoms with Crippen LogP contribution in [0.15, 0.2) is 17.0 Å². The van der Waals surface area contributed by atoms with E-state index in [4.69, 9.17) is 17.3 Å². The first-order valence-electron chi connectivity index (χ1n) is 5.44. The lowest BCUT2D eigenvalue weighted by molar-refractivity contribution is 0.636. The Hall–Kier alpha value is -0.380. The molecule has 0 saturated heterocycles. The Kier molecular flexibility index (Phi) is 3.38. The molecule has 2 nitrogen and oxygen atoms in total. The number of hydrogen-bond donors (Lipinski definition) is 1. The number of nitrogens with zero attached hydrogens (tertiary/aromatic N) is 1. The molecule has 16 heavy (non-hydrogen) atoms. The van der Waals surface area contributed by atoms with Gasteiger partial charge in [-0.2, -0.15) is 0 Å². The van der Waals surface area contributed by atoms with Gasteiger partial charge in [-0.05, 0) is 31.5 Å². The minimum Gasteiger partial charge on any atom is -0.369 e. The van der Waals surface area contributed by atoms with Gasteiger partial charge in [-0.1, -0.05) is 11.6 Å². The molecule has 2 unspecified atom stereocenters. The third-order valence-corrected chi connectivity index (χ3v) is 4.93. The second kappa shape index (κ2) is 4.47. The number of anilines is 1. The van der Waals surface area contributed by atoms with Crippen molar-refractivity contribution in [1.29, 1.82) is 0 Å². The van der Waals surface area contributed by atoms with Gasteiger partial charge in [0, 0.05) is 29.8 Å². The minimum atomic E-state index is 0.419. The van der Waals surface area contributed by atoms with Crippen LogP contribution in [0.25, 0.3) is 0 Å². The van der Waals surface area contributed by atoms with Crippen LogP contribution in [0.4, 0.5) is 5.69 Å². The van der Waals surface area contributed by atoms with E-state index in [9.17, 15) is 0 Å². The van der Waals surface area contributed by atoms with Crippen molar-refractivity contribution in [3.63, 3.8) is 0 Å². The van der Waals surface area contributed by atoms with Crippen molar-refractivity contribution in [2.24, 2.45) is 5.73 Å². The molecule has 0 spiro atoms. The zero-order valence-corrected chi connectivity index (χ0v) is 11.4. The van der Waals surface area contributed by atoms with E-state index in [1.54, 1.807) is 0 Å². The van der Waals surface area contributed by atoms with E-state index in [2.05, 4.69) is 31.9 Å². The van der Waals surface area contributed by atoms with Crippen molar-refractivity contribution in [3.8, 4) is 0 Å². The predicted molar refractivity (Wildman–Crippen MR) is 72.8 cm³/mol. The molecular weight excluding hydrogens is 240 g/mol. The fraction of sp³-hybridized carbons (Fsp3) is 0.500. The van der Waals surface area contributed by atoms with Crippen molar-refractivity contribution in [1.82, 2.24) is 0 Å². The Bertz CT molecular complexity index is 408. The molecule has 4 heteroatoms. The summed E-state index contributed by atoms with van der Waals surface area (Å²) in [5, 5.41) is 1.28. The molecule has 1 aliphatic heterocycles.